The van der Waals surface area contributed by atoms with Gasteiger partial charge in [0, 0.05) is 6.04 Å². The van der Waals surface area contributed by atoms with Gasteiger partial charge in [0.2, 0.25) is 0 Å². The minimum absolute atomic E-state index is 0.0536. The number of aliphatic hydroxyl groups excluding tert-OH is 1. The Labute approximate surface area is 70.2 Å². The van der Waals surface area contributed by atoms with E-state index in [1.54, 1.807) is 10.9 Å². The highest BCUT2D eigenvalue weighted by molar-refractivity contribution is 4.95. The van der Waals surface area contributed by atoms with Crippen LogP contribution in [0.15, 0.2) is 6.20 Å². The second-order valence-corrected chi connectivity index (χ2v) is 3.16. The van der Waals surface area contributed by atoms with Gasteiger partial charge >= 0.3 is 0 Å². The highest BCUT2D eigenvalue weighted by Crippen LogP contribution is 2.29. The van der Waals surface area contributed by atoms with Gasteiger partial charge in [0.1, 0.15) is 5.69 Å². The molecule has 1 saturated carbocycles. The van der Waals surface area contributed by atoms with Crippen LogP contribution in [0.25, 0.3) is 0 Å². The fraction of sp³-hybridized carbons (Fsp3) is 0.714. The first-order valence-electron chi connectivity index (χ1n) is 4.08. The molecule has 0 spiro atoms. The van der Waals surface area contributed by atoms with E-state index in [9.17, 15) is 0 Å². The van der Waals surface area contributed by atoms with Gasteiger partial charge in [-0.2, -0.15) is 0 Å². The van der Waals surface area contributed by atoms with E-state index >= 15 is 0 Å². The number of nitrogens with zero attached hydrogens (tertiary/aromatic N) is 3. The Kier molecular flexibility index (Phi) is 1.82. The maximum atomic E-state index is 8.74. The van der Waals surface area contributed by atoms with Gasteiger partial charge in [0.15, 0.2) is 0 Å². The molecule has 0 aliphatic heterocycles. The zero-order chi connectivity index (χ0) is 8.55. The highest BCUT2D eigenvalue weighted by atomic mass is 16.3. The average molecular weight is 168 g/mol. The number of rotatable bonds is 2. The monoisotopic (exact) mass is 168 g/mol. The summed E-state index contributed by atoms with van der Waals surface area (Å²) in [7, 11) is 0. The molecule has 0 radical (unpaired) electrons. The van der Waals surface area contributed by atoms with Crippen LogP contribution in [0.1, 0.15) is 24.6 Å². The van der Waals surface area contributed by atoms with Crippen LogP contribution < -0.4 is 5.73 Å². The molecule has 12 heavy (non-hydrogen) atoms. The minimum Gasteiger partial charge on any atom is -0.390 e. The maximum Gasteiger partial charge on any atom is 0.108 e. The van der Waals surface area contributed by atoms with Gasteiger partial charge < -0.3 is 10.8 Å². The standard InChI is InChI=1S/C7H12N4O/c8-6-1-2-7(6)11-3-5(4-12)9-10-11/h3,6-7,12H,1-2,4,8H2. The normalized spacial score (nSPS) is 28.5. The quantitative estimate of drug-likeness (QED) is 0.620. The van der Waals surface area contributed by atoms with E-state index < -0.39 is 0 Å². The molecule has 5 nitrogen and oxygen atoms in total. The molecule has 5 heteroatoms. The third-order valence-corrected chi connectivity index (χ3v) is 2.35. The van der Waals surface area contributed by atoms with Gasteiger partial charge in [-0.15, -0.1) is 5.10 Å². The van der Waals surface area contributed by atoms with Crippen LogP contribution in [0.2, 0.25) is 0 Å². The first-order chi connectivity index (χ1) is 5.81. The van der Waals surface area contributed by atoms with Gasteiger partial charge in [0.25, 0.3) is 0 Å². The maximum absolute atomic E-state index is 8.74. The molecule has 1 fully saturated rings. The Morgan fingerprint density at radius 1 is 1.67 bits per heavy atom. The van der Waals surface area contributed by atoms with Crippen LogP contribution in [-0.2, 0) is 6.61 Å². The summed E-state index contributed by atoms with van der Waals surface area (Å²) in [5, 5.41) is 16.4. The van der Waals surface area contributed by atoms with E-state index in [4.69, 9.17) is 10.8 Å². The molecule has 0 aromatic carbocycles. The van der Waals surface area contributed by atoms with Crippen LogP contribution in [0, 0.1) is 0 Å². The van der Waals surface area contributed by atoms with Crippen molar-refractivity contribution in [2.24, 2.45) is 5.73 Å². The highest BCUT2D eigenvalue weighted by Gasteiger charge is 2.29. The fourth-order valence-corrected chi connectivity index (χ4v) is 1.38. The first-order valence-corrected chi connectivity index (χ1v) is 4.08. The molecular weight excluding hydrogens is 156 g/mol. The van der Waals surface area contributed by atoms with Crippen molar-refractivity contribution in [1.82, 2.24) is 15.0 Å². The summed E-state index contributed by atoms with van der Waals surface area (Å²) in [6, 6.07) is 0.496. The molecule has 1 aliphatic rings. The number of aromatic nitrogens is 3. The Balaban J connectivity index is 2.12. The van der Waals surface area contributed by atoms with Crippen LogP contribution in [-0.4, -0.2) is 26.1 Å². The summed E-state index contributed by atoms with van der Waals surface area (Å²) < 4.78 is 1.75. The lowest BCUT2D eigenvalue weighted by Gasteiger charge is -2.32. The van der Waals surface area contributed by atoms with E-state index in [0.717, 1.165) is 12.8 Å². The van der Waals surface area contributed by atoms with E-state index in [0.29, 0.717) is 5.69 Å². The molecule has 1 aromatic rings. The summed E-state index contributed by atoms with van der Waals surface area (Å²) in [4.78, 5) is 0. The predicted octanol–water partition coefficient (Wildman–Crippen LogP) is -0.567. The molecule has 2 atom stereocenters. The zero-order valence-electron chi connectivity index (χ0n) is 6.72. The van der Waals surface area contributed by atoms with E-state index in [1.165, 1.54) is 0 Å². The van der Waals surface area contributed by atoms with Crippen LogP contribution in [0.4, 0.5) is 0 Å². The number of hydrogen-bond donors (Lipinski definition) is 2. The molecule has 3 N–H and O–H groups in total. The molecular formula is C7H12N4O. The molecule has 1 aliphatic carbocycles. The van der Waals surface area contributed by atoms with Gasteiger partial charge in [-0.05, 0) is 12.8 Å². The topological polar surface area (TPSA) is 77.0 Å². The number of hydrogen-bond acceptors (Lipinski definition) is 4. The van der Waals surface area contributed by atoms with Gasteiger partial charge in [-0.3, -0.25) is 0 Å². The van der Waals surface area contributed by atoms with Crippen molar-refractivity contribution in [3.05, 3.63) is 11.9 Å². The van der Waals surface area contributed by atoms with Crippen molar-refractivity contribution in [1.29, 1.82) is 0 Å². The van der Waals surface area contributed by atoms with E-state index in [1.807, 2.05) is 0 Å². The average Bonchev–Trinajstić information content (AvgIpc) is 2.50. The lowest BCUT2D eigenvalue weighted by molar-refractivity contribution is 0.235. The lowest BCUT2D eigenvalue weighted by Crippen LogP contribution is -2.41. The zero-order valence-corrected chi connectivity index (χ0v) is 6.72. The Morgan fingerprint density at radius 3 is 2.92 bits per heavy atom. The number of aliphatic hydroxyl groups is 1. The van der Waals surface area contributed by atoms with Crippen molar-refractivity contribution >= 4 is 0 Å². The van der Waals surface area contributed by atoms with Crippen molar-refractivity contribution in [2.45, 2.75) is 31.5 Å². The Bertz CT molecular complexity index is 272. The second kappa shape index (κ2) is 2.84. The second-order valence-electron chi connectivity index (χ2n) is 3.16. The molecule has 0 bridgehead atoms. The van der Waals surface area contributed by atoms with Gasteiger partial charge in [-0.1, -0.05) is 5.21 Å². The molecule has 0 saturated heterocycles. The molecule has 1 aromatic heterocycles. The Hall–Kier alpha value is -0.940. The summed E-state index contributed by atoms with van der Waals surface area (Å²) >= 11 is 0. The number of nitrogens with two attached hydrogens (primary N) is 1. The SMILES string of the molecule is NC1CCC1n1cc(CO)nn1. The van der Waals surface area contributed by atoms with Crippen molar-refractivity contribution in [3.8, 4) is 0 Å². The smallest absolute Gasteiger partial charge is 0.108 e. The van der Waals surface area contributed by atoms with Crippen molar-refractivity contribution in [3.63, 3.8) is 0 Å². The van der Waals surface area contributed by atoms with Crippen LogP contribution >= 0.6 is 0 Å². The third-order valence-electron chi connectivity index (χ3n) is 2.35. The molecule has 2 rings (SSSR count). The summed E-state index contributed by atoms with van der Waals surface area (Å²) in [5.41, 5.74) is 6.36. The predicted molar refractivity (Wildman–Crippen MR) is 42.2 cm³/mol. The van der Waals surface area contributed by atoms with Crippen molar-refractivity contribution < 1.29 is 5.11 Å². The van der Waals surface area contributed by atoms with Gasteiger partial charge in [0.05, 0.1) is 18.8 Å². The lowest BCUT2D eigenvalue weighted by atomic mass is 9.87. The summed E-state index contributed by atoms with van der Waals surface area (Å²) in [5.74, 6) is 0. The largest absolute Gasteiger partial charge is 0.390 e. The Morgan fingerprint density at radius 2 is 2.50 bits per heavy atom. The summed E-state index contributed by atoms with van der Waals surface area (Å²) in [6.45, 7) is -0.0536. The molecule has 2 unspecified atom stereocenters. The fourth-order valence-electron chi connectivity index (χ4n) is 1.38. The van der Waals surface area contributed by atoms with E-state index in [-0.39, 0.29) is 18.7 Å². The van der Waals surface area contributed by atoms with Crippen molar-refractivity contribution in [2.75, 3.05) is 0 Å². The van der Waals surface area contributed by atoms with E-state index in [2.05, 4.69) is 10.3 Å². The summed E-state index contributed by atoms with van der Waals surface area (Å²) in [6.07, 6.45) is 3.87. The van der Waals surface area contributed by atoms with Gasteiger partial charge in [-0.25, -0.2) is 4.68 Å². The molecule has 66 valence electrons. The third kappa shape index (κ3) is 1.11. The van der Waals surface area contributed by atoms with Crippen LogP contribution in [0.3, 0.4) is 0 Å². The first kappa shape index (κ1) is 7.70. The molecule has 0 amide bonds. The molecule has 1 heterocycles. The van der Waals surface area contributed by atoms with Crippen LogP contribution in [0.5, 0.6) is 0 Å². The minimum atomic E-state index is -0.0536.